The predicted molar refractivity (Wildman–Crippen MR) is 73.2 cm³/mol. The highest BCUT2D eigenvalue weighted by atomic mass is 79.9. The maximum Gasteiger partial charge on any atom is 0.184 e. The number of rotatable bonds is 3. The van der Waals surface area contributed by atoms with Crippen LogP contribution in [0.1, 0.15) is 21.8 Å². The molecule has 1 unspecified atom stereocenters. The van der Waals surface area contributed by atoms with Crippen molar-refractivity contribution in [3.8, 4) is 6.07 Å². The van der Waals surface area contributed by atoms with E-state index in [1.54, 1.807) is 6.07 Å². The van der Waals surface area contributed by atoms with Crippen molar-refractivity contribution in [2.45, 2.75) is 5.92 Å². The number of carbonyl (C=O) groups excluding carboxylic acids is 1. The zero-order chi connectivity index (χ0) is 14.7. The summed E-state index contributed by atoms with van der Waals surface area (Å²) in [6.07, 6.45) is 0. The number of benzene rings is 2. The van der Waals surface area contributed by atoms with E-state index in [-0.39, 0.29) is 15.6 Å². The lowest BCUT2D eigenvalue weighted by molar-refractivity contribution is 0.0977. The molecule has 2 aromatic rings. The zero-order valence-corrected chi connectivity index (χ0v) is 11.7. The Labute approximate surface area is 122 Å². The molecule has 100 valence electrons. The second-order valence-electron chi connectivity index (χ2n) is 4.08. The van der Waals surface area contributed by atoms with Crippen molar-refractivity contribution in [2.75, 3.05) is 0 Å². The predicted octanol–water partition coefficient (Wildman–Crippen LogP) is 4.22. The summed E-state index contributed by atoms with van der Waals surface area (Å²) in [7, 11) is 0. The molecule has 0 spiro atoms. The minimum absolute atomic E-state index is 0.0108. The van der Waals surface area contributed by atoms with Crippen molar-refractivity contribution in [3.63, 3.8) is 0 Å². The molecule has 0 aliphatic carbocycles. The monoisotopic (exact) mass is 335 g/mol. The van der Waals surface area contributed by atoms with Crippen molar-refractivity contribution >= 4 is 21.7 Å². The first-order valence-corrected chi connectivity index (χ1v) is 6.47. The van der Waals surface area contributed by atoms with Crippen molar-refractivity contribution in [3.05, 3.63) is 69.7 Å². The van der Waals surface area contributed by atoms with Gasteiger partial charge in [-0.25, -0.2) is 8.78 Å². The highest BCUT2D eigenvalue weighted by molar-refractivity contribution is 9.10. The Bertz CT molecular complexity index is 709. The quantitative estimate of drug-likeness (QED) is 0.788. The average Bonchev–Trinajstić information content (AvgIpc) is 2.44. The lowest BCUT2D eigenvalue weighted by Gasteiger charge is -2.10. The van der Waals surface area contributed by atoms with Crippen LogP contribution < -0.4 is 0 Å². The van der Waals surface area contributed by atoms with E-state index < -0.39 is 23.3 Å². The number of hydrogen-bond acceptors (Lipinski definition) is 2. The van der Waals surface area contributed by atoms with Crippen LogP contribution in [0.4, 0.5) is 8.78 Å². The number of halogens is 3. The summed E-state index contributed by atoms with van der Waals surface area (Å²) < 4.78 is 27.3. The Morgan fingerprint density at radius 2 is 1.85 bits per heavy atom. The molecule has 0 amide bonds. The van der Waals surface area contributed by atoms with Crippen LogP contribution >= 0.6 is 15.9 Å². The largest absolute Gasteiger partial charge is 0.292 e. The fourth-order valence-corrected chi connectivity index (χ4v) is 2.04. The van der Waals surface area contributed by atoms with Gasteiger partial charge in [0.25, 0.3) is 0 Å². The number of nitrogens with zero attached hydrogens (tertiary/aromatic N) is 1. The second kappa shape index (κ2) is 5.93. The third-order valence-electron chi connectivity index (χ3n) is 2.81. The van der Waals surface area contributed by atoms with E-state index in [9.17, 15) is 13.6 Å². The molecule has 0 N–H and O–H groups in total. The van der Waals surface area contributed by atoms with Crippen molar-refractivity contribution < 1.29 is 13.6 Å². The van der Waals surface area contributed by atoms with E-state index in [0.29, 0.717) is 0 Å². The molecular formula is C15H8BrF2NO. The van der Waals surface area contributed by atoms with Crippen molar-refractivity contribution in [1.29, 1.82) is 5.26 Å². The fourth-order valence-electron chi connectivity index (χ4n) is 1.79. The second-order valence-corrected chi connectivity index (χ2v) is 4.93. The van der Waals surface area contributed by atoms with Crippen LogP contribution in [0, 0.1) is 23.0 Å². The van der Waals surface area contributed by atoms with Gasteiger partial charge in [-0.1, -0.05) is 24.3 Å². The highest BCUT2D eigenvalue weighted by Crippen LogP contribution is 2.25. The molecule has 0 bridgehead atoms. The van der Waals surface area contributed by atoms with Crippen LogP contribution in [0.15, 0.2) is 46.9 Å². The maximum absolute atomic E-state index is 13.7. The normalized spacial score (nSPS) is 11.7. The average molecular weight is 336 g/mol. The van der Waals surface area contributed by atoms with Gasteiger partial charge < -0.3 is 0 Å². The van der Waals surface area contributed by atoms with Gasteiger partial charge in [0, 0.05) is 11.1 Å². The van der Waals surface area contributed by atoms with Crippen LogP contribution in [0.25, 0.3) is 0 Å². The highest BCUT2D eigenvalue weighted by Gasteiger charge is 2.24. The molecule has 0 fully saturated rings. The molecule has 1 atom stereocenters. The molecule has 5 heteroatoms. The van der Waals surface area contributed by atoms with Crippen LogP contribution in [0.5, 0.6) is 0 Å². The van der Waals surface area contributed by atoms with E-state index in [4.69, 9.17) is 5.26 Å². The van der Waals surface area contributed by atoms with Gasteiger partial charge in [0.15, 0.2) is 5.78 Å². The summed E-state index contributed by atoms with van der Waals surface area (Å²) in [4.78, 5) is 12.2. The SMILES string of the molecule is N#CC(C(=O)c1ccc(Br)c(F)c1)c1ccccc1F. The maximum atomic E-state index is 13.7. The van der Waals surface area contributed by atoms with Gasteiger partial charge in [-0.2, -0.15) is 5.26 Å². The van der Waals surface area contributed by atoms with Gasteiger partial charge in [-0.05, 0) is 34.1 Å². The number of carbonyl (C=O) groups is 1. The third kappa shape index (κ3) is 2.75. The Hall–Kier alpha value is -2.06. The lowest BCUT2D eigenvalue weighted by Crippen LogP contribution is -2.13. The molecule has 0 heterocycles. The molecule has 0 saturated carbocycles. The molecule has 2 rings (SSSR count). The molecule has 2 aromatic carbocycles. The first-order chi connectivity index (χ1) is 9.54. The number of nitriles is 1. The molecule has 0 aliphatic heterocycles. The van der Waals surface area contributed by atoms with Gasteiger partial charge in [-0.3, -0.25) is 4.79 Å². The fraction of sp³-hybridized carbons (Fsp3) is 0.0667. The first-order valence-electron chi connectivity index (χ1n) is 5.68. The zero-order valence-electron chi connectivity index (χ0n) is 10.1. The van der Waals surface area contributed by atoms with E-state index in [1.165, 1.54) is 36.4 Å². The summed E-state index contributed by atoms with van der Waals surface area (Å²) in [5.74, 6) is -3.17. The summed E-state index contributed by atoms with van der Waals surface area (Å²) in [5, 5.41) is 9.12. The van der Waals surface area contributed by atoms with Gasteiger partial charge >= 0.3 is 0 Å². The molecule has 20 heavy (non-hydrogen) atoms. The van der Waals surface area contributed by atoms with Crippen LogP contribution in [0.2, 0.25) is 0 Å². The van der Waals surface area contributed by atoms with Gasteiger partial charge in [0.2, 0.25) is 0 Å². The minimum atomic E-state index is -1.29. The van der Waals surface area contributed by atoms with Crippen LogP contribution in [-0.4, -0.2) is 5.78 Å². The van der Waals surface area contributed by atoms with Gasteiger partial charge in [-0.15, -0.1) is 0 Å². The number of ketones is 1. The Morgan fingerprint density at radius 3 is 2.45 bits per heavy atom. The summed E-state index contributed by atoms with van der Waals surface area (Å²) in [6, 6.07) is 11.1. The third-order valence-corrected chi connectivity index (χ3v) is 3.45. The van der Waals surface area contributed by atoms with Gasteiger partial charge in [0.1, 0.15) is 17.6 Å². The van der Waals surface area contributed by atoms with Crippen molar-refractivity contribution in [1.82, 2.24) is 0 Å². The van der Waals surface area contributed by atoms with E-state index in [0.717, 1.165) is 6.07 Å². The number of hydrogen-bond donors (Lipinski definition) is 0. The van der Waals surface area contributed by atoms with E-state index >= 15 is 0 Å². The summed E-state index contributed by atoms with van der Waals surface area (Å²) in [6.45, 7) is 0. The Kier molecular flexibility index (Phi) is 4.26. The van der Waals surface area contributed by atoms with Crippen molar-refractivity contribution in [2.24, 2.45) is 0 Å². The number of Topliss-reactive ketones (excluding diaryl/α,β-unsaturated/α-hetero) is 1. The molecule has 0 radical (unpaired) electrons. The molecule has 2 nitrogen and oxygen atoms in total. The van der Waals surface area contributed by atoms with E-state index in [2.05, 4.69) is 15.9 Å². The van der Waals surface area contributed by atoms with Crippen LogP contribution in [0.3, 0.4) is 0 Å². The summed E-state index contributed by atoms with van der Waals surface area (Å²) in [5.41, 5.74) is 0.0174. The summed E-state index contributed by atoms with van der Waals surface area (Å²) >= 11 is 2.98. The smallest absolute Gasteiger partial charge is 0.184 e. The molecular weight excluding hydrogens is 328 g/mol. The standard InChI is InChI=1S/C15H8BrF2NO/c16-12-6-5-9(7-14(12)18)15(20)11(8-19)10-3-1-2-4-13(10)17/h1-7,11H. The molecule has 0 saturated heterocycles. The molecule has 0 aliphatic rings. The molecule has 0 aromatic heterocycles. The van der Waals surface area contributed by atoms with Crippen LogP contribution in [-0.2, 0) is 0 Å². The van der Waals surface area contributed by atoms with Gasteiger partial charge in [0.05, 0.1) is 10.5 Å². The lowest BCUT2D eigenvalue weighted by atomic mass is 9.91. The topological polar surface area (TPSA) is 40.9 Å². The minimum Gasteiger partial charge on any atom is -0.292 e. The van der Waals surface area contributed by atoms with E-state index in [1.807, 2.05) is 0 Å². The Morgan fingerprint density at radius 1 is 1.15 bits per heavy atom. The first kappa shape index (κ1) is 14.4. The Balaban J connectivity index is 2.42.